The normalized spacial score (nSPS) is 10.5. The van der Waals surface area contributed by atoms with Gasteiger partial charge in [0.05, 0.1) is 30.4 Å². The summed E-state index contributed by atoms with van der Waals surface area (Å²) in [6, 6.07) is 8.24. The first kappa shape index (κ1) is 18.7. The third-order valence-corrected chi connectivity index (χ3v) is 3.30. The van der Waals surface area contributed by atoms with Crippen LogP contribution in [0.4, 0.5) is 5.69 Å². The number of hydrogen-bond acceptors (Lipinski definition) is 7. The van der Waals surface area contributed by atoms with Crippen molar-refractivity contribution < 1.29 is 24.3 Å². The SMILES string of the molecule is CCOc1ccc(/C=N/NC(=O)c2cc([N+](=O)[O-])ccc2O)cc1OC. The Kier molecular flexibility index (Phi) is 6.10. The fourth-order valence-corrected chi connectivity index (χ4v) is 2.08. The molecule has 0 unspecified atom stereocenters. The van der Waals surface area contributed by atoms with Gasteiger partial charge in [0.1, 0.15) is 5.75 Å². The summed E-state index contributed by atoms with van der Waals surface area (Å²) in [4.78, 5) is 22.1. The second-order valence-electron chi connectivity index (χ2n) is 5.00. The summed E-state index contributed by atoms with van der Waals surface area (Å²) < 4.78 is 10.6. The molecule has 0 aliphatic heterocycles. The highest BCUT2D eigenvalue weighted by Gasteiger charge is 2.16. The smallest absolute Gasteiger partial charge is 0.275 e. The molecule has 2 aromatic rings. The maximum atomic E-state index is 12.0. The average Bonchev–Trinajstić information content (AvgIpc) is 2.63. The number of benzene rings is 2. The van der Waals surface area contributed by atoms with E-state index < -0.39 is 10.8 Å². The topological polar surface area (TPSA) is 123 Å². The Morgan fingerprint density at radius 1 is 1.31 bits per heavy atom. The molecule has 0 aromatic heterocycles. The molecule has 0 heterocycles. The largest absolute Gasteiger partial charge is 0.507 e. The molecule has 0 aliphatic rings. The van der Waals surface area contributed by atoms with Crippen LogP contribution in [0.15, 0.2) is 41.5 Å². The molecule has 9 heteroatoms. The lowest BCUT2D eigenvalue weighted by Gasteiger charge is -2.09. The van der Waals surface area contributed by atoms with E-state index >= 15 is 0 Å². The van der Waals surface area contributed by atoms with E-state index in [0.717, 1.165) is 18.2 Å². The Bertz CT molecular complexity index is 850. The number of nitro benzene ring substituents is 1. The number of carbonyl (C=O) groups excluding carboxylic acids is 1. The number of ether oxygens (including phenoxy) is 2. The molecule has 1 amide bonds. The minimum absolute atomic E-state index is 0.249. The summed E-state index contributed by atoms with van der Waals surface area (Å²) in [5.74, 6) is -0.0671. The monoisotopic (exact) mass is 359 g/mol. The van der Waals surface area contributed by atoms with Crippen LogP contribution < -0.4 is 14.9 Å². The summed E-state index contributed by atoms with van der Waals surface area (Å²) in [6.07, 6.45) is 1.37. The number of phenolic OH excluding ortho intramolecular Hbond substituents is 1. The van der Waals surface area contributed by atoms with Gasteiger partial charge in [-0.3, -0.25) is 14.9 Å². The van der Waals surface area contributed by atoms with Gasteiger partial charge >= 0.3 is 0 Å². The highest BCUT2D eigenvalue weighted by molar-refractivity contribution is 5.98. The predicted molar refractivity (Wildman–Crippen MR) is 94.0 cm³/mol. The van der Waals surface area contributed by atoms with Crippen molar-refractivity contribution in [2.75, 3.05) is 13.7 Å². The first-order chi connectivity index (χ1) is 12.5. The Morgan fingerprint density at radius 2 is 2.08 bits per heavy atom. The highest BCUT2D eigenvalue weighted by Crippen LogP contribution is 2.27. The predicted octanol–water partition coefficient (Wildman–Crippen LogP) is 2.47. The molecule has 0 aliphatic carbocycles. The van der Waals surface area contributed by atoms with Crippen LogP contribution in [0, 0.1) is 10.1 Å². The van der Waals surface area contributed by atoms with E-state index in [1.165, 1.54) is 13.3 Å². The van der Waals surface area contributed by atoms with E-state index in [2.05, 4.69) is 10.5 Å². The second-order valence-corrected chi connectivity index (χ2v) is 5.00. The molecule has 0 radical (unpaired) electrons. The number of nitro groups is 1. The zero-order chi connectivity index (χ0) is 19.1. The van der Waals surface area contributed by atoms with Crippen LogP contribution in [-0.4, -0.2) is 35.9 Å². The maximum absolute atomic E-state index is 12.0. The van der Waals surface area contributed by atoms with Gasteiger partial charge in [-0.25, -0.2) is 5.43 Å². The van der Waals surface area contributed by atoms with Gasteiger partial charge in [0.2, 0.25) is 0 Å². The molecule has 0 bridgehead atoms. The molecule has 0 fully saturated rings. The van der Waals surface area contributed by atoms with Gasteiger partial charge in [-0.1, -0.05) is 0 Å². The zero-order valence-corrected chi connectivity index (χ0v) is 14.1. The molecule has 136 valence electrons. The highest BCUT2D eigenvalue weighted by atomic mass is 16.6. The molecule has 2 aromatic carbocycles. The molecular formula is C17H17N3O6. The molecule has 0 spiro atoms. The summed E-state index contributed by atoms with van der Waals surface area (Å²) >= 11 is 0. The van der Waals surface area contributed by atoms with Crippen molar-refractivity contribution in [3.63, 3.8) is 0 Å². The Hall–Kier alpha value is -3.62. The van der Waals surface area contributed by atoms with Crippen molar-refractivity contribution in [1.82, 2.24) is 5.43 Å². The number of rotatable bonds is 7. The average molecular weight is 359 g/mol. The third kappa shape index (κ3) is 4.47. The van der Waals surface area contributed by atoms with E-state index in [1.54, 1.807) is 18.2 Å². The quantitative estimate of drug-likeness (QED) is 0.445. The fourth-order valence-electron chi connectivity index (χ4n) is 2.08. The van der Waals surface area contributed by atoms with Crippen LogP contribution in [0.25, 0.3) is 0 Å². The van der Waals surface area contributed by atoms with Gasteiger partial charge in [-0.05, 0) is 36.8 Å². The number of phenols is 1. The fraction of sp³-hybridized carbons (Fsp3) is 0.176. The molecule has 2 rings (SSSR count). The maximum Gasteiger partial charge on any atom is 0.275 e. The number of carbonyl (C=O) groups is 1. The second kappa shape index (κ2) is 8.47. The molecular weight excluding hydrogens is 342 g/mol. The lowest BCUT2D eigenvalue weighted by molar-refractivity contribution is -0.384. The van der Waals surface area contributed by atoms with Crippen molar-refractivity contribution >= 4 is 17.8 Å². The summed E-state index contributed by atoms with van der Waals surface area (Å²) in [7, 11) is 1.51. The Morgan fingerprint density at radius 3 is 2.73 bits per heavy atom. The van der Waals surface area contributed by atoms with Crippen LogP contribution >= 0.6 is 0 Å². The number of nitrogens with one attached hydrogen (secondary N) is 1. The van der Waals surface area contributed by atoms with Crippen LogP contribution in [-0.2, 0) is 0 Å². The molecule has 2 N–H and O–H groups in total. The van der Waals surface area contributed by atoms with Crippen molar-refractivity contribution in [2.45, 2.75) is 6.92 Å². The summed E-state index contributed by atoms with van der Waals surface area (Å²) in [5.41, 5.74) is 2.28. The molecule has 0 saturated heterocycles. The van der Waals surface area contributed by atoms with E-state index in [0.29, 0.717) is 23.7 Å². The molecule has 0 saturated carbocycles. The summed E-state index contributed by atoms with van der Waals surface area (Å²) in [6.45, 7) is 2.35. The number of nitrogens with zero attached hydrogens (tertiary/aromatic N) is 2. The van der Waals surface area contributed by atoms with E-state index in [9.17, 15) is 20.0 Å². The van der Waals surface area contributed by atoms with Crippen molar-refractivity contribution in [3.05, 3.63) is 57.6 Å². The van der Waals surface area contributed by atoms with Gasteiger partial charge in [0.15, 0.2) is 11.5 Å². The van der Waals surface area contributed by atoms with E-state index in [-0.39, 0.29) is 17.0 Å². The number of hydrogen-bond donors (Lipinski definition) is 2. The van der Waals surface area contributed by atoms with Gasteiger partial charge in [0, 0.05) is 12.1 Å². The van der Waals surface area contributed by atoms with Crippen LogP contribution in [0.2, 0.25) is 0 Å². The molecule has 9 nitrogen and oxygen atoms in total. The van der Waals surface area contributed by atoms with Crippen LogP contribution in [0.1, 0.15) is 22.8 Å². The Balaban J connectivity index is 2.12. The number of hydrazone groups is 1. The lowest BCUT2D eigenvalue weighted by Crippen LogP contribution is -2.18. The first-order valence-corrected chi connectivity index (χ1v) is 7.58. The van der Waals surface area contributed by atoms with Crippen molar-refractivity contribution in [1.29, 1.82) is 0 Å². The van der Waals surface area contributed by atoms with Gasteiger partial charge < -0.3 is 14.6 Å². The van der Waals surface area contributed by atoms with Crippen LogP contribution in [0.5, 0.6) is 17.2 Å². The standard InChI is InChI=1S/C17H17N3O6/c1-3-26-15-7-4-11(8-16(15)25-2)10-18-19-17(22)13-9-12(20(23)24)5-6-14(13)21/h4-10,21H,3H2,1-2H3,(H,19,22)/b18-10+. The number of non-ortho nitro benzene ring substituents is 1. The Labute approximate surface area is 149 Å². The number of methoxy groups -OCH3 is 1. The summed E-state index contributed by atoms with van der Waals surface area (Å²) in [5, 5.41) is 24.2. The van der Waals surface area contributed by atoms with Crippen molar-refractivity contribution in [3.8, 4) is 17.2 Å². The zero-order valence-electron chi connectivity index (χ0n) is 14.1. The van der Waals surface area contributed by atoms with E-state index in [1.807, 2.05) is 6.92 Å². The number of aromatic hydroxyl groups is 1. The molecule has 26 heavy (non-hydrogen) atoms. The van der Waals surface area contributed by atoms with Gasteiger partial charge in [-0.2, -0.15) is 5.10 Å². The first-order valence-electron chi connectivity index (χ1n) is 7.58. The minimum Gasteiger partial charge on any atom is -0.507 e. The minimum atomic E-state index is -0.777. The van der Waals surface area contributed by atoms with Crippen molar-refractivity contribution in [2.24, 2.45) is 5.10 Å². The van der Waals surface area contributed by atoms with Gasteiger partial charge in [0.25, 0.3) is 11.6 Å². The lowest BCUT2D eigenvalue weighted by atomic mass is 10.1. The molecule has 0 atom stereocenters. The van der Waals surface area contributed by atoms with E-state index in [4.69, 9.17) is 9.47 Å². The third-order valence-electron chi connectivity index (χ3n) is 3.30. The van der Waals surface area contributed by atoms with Gasteiger partial charge in [-0.15, -0.1) is 0 Å². The van der Waals surface area contributed by atoms with Crippen LogP contribution in [0.3, 0.4) is 0 Å². The number of amides is 1.